The van der Waals surface area contributed by atoms with Crippen molar-refractivity contribution in [3.63, 3.8) is 0 Å². The smallest absolute Gasteiger partial charge is 0.308 e. The molecule has 9 heteroatoms. The molecule has 214 valence electrons. The number of benzene rings is 2. The van der Waals surface area contributed by atoms with E-state index in [0.29, 0.717) is 64.9 Å². The molecule has 2 aromatic carbocycles. The number of hydrogen-bond acceptors (Lipinski definition) is 5. The van der Waals surface area contributed by atoms with E-state index in [1.807, 2.05) is 25.1 Å². The Morgan fingerprint density at radius 2 is 1.68 bits per heavy atom. The molecule has 2 N–H and O–H groups in total. The van der Waals surface area contributed by atoms with Crippen molar-refractivity contribution in [2.75, 3.05) is 7.11 Å². The van der Waals surface area contributed by atoms with Gasteiger partial charge in [-0.1, -0.05) is 6.07 Å². The first-order valence-electron chi connectivity index (χ1n) is 13.7. The van der Waals surface area contributed by atoms with Crippen LogP contribution in [-0.2, 0) is 16.6 Å². The number of pyridine rings is 1. The molecule has 0 unspecified atom stereocenters. The van der Waals surface area contributed by atoms with Gasteiger partial charge in [0.15, 0.2) is 0 Å². The van der Waals surface area contributed by atoms with Crippen LogP contribution in [0.4, 0.5) is 4.39 Å². The number of aromatic amines is 1. The van der Waals surface area contributed by atoms with Gasteiger partial charge < -0.3 is 24.3 Å². The van der Waals surface area contributed by atoms with Gasteiger partial charge in [-0.3, -0.25) is 14.4 Å². The monoisotopic (exact) mass is 559 g/mol. The van der Waals surface area contributed by atoms with Crippen molar-refractivity contribution < 1.29 is 23.5 Å². The first-order chi connectivity index (χ1) is 19.5. The molecular formula is C32H34FN3O5. The first-order valence-corrected chi connectivity index (χ1v) is 13.7. The first kappa shape index (κ1) is 28.1. The lowest BCUT2D eigenvalue weighted by Gasteiger charge is -2.27. The van der Waals surface area contributed by atoms with E-state index in [2.05, 4.69) is 10.3 Å². The lowest BCUT2D eigenvalue weighted by molar-refractivity contribution is -0.146. The number of ether oxygens (including phenoxy) is 2. The number of methoxy groups -OCH3 is 1. The molecule has 8 nitrogen and oxygen atoms in total. The molecule has 0 bridgehead atoms. The van der Waals surface area contributed by atoms with Crippen molar-refractivity contribution in [1.29, 1.82) is 0 Å². The number of aryl methyl sites for hydroxylation is 4. The fourth-order valence-corrected chi connectivity index (χ4v) is 5.73. The molecule has 1 amide bonds. The van der Waals surface area contributed by atoms with Crippen LogP contribution in [0.5, 0.6) is 11.5 Å². The summed E-state index contributed by atoms with van der Waals surface area (Å²) in [5.74, 6) is 0.218. The van der Waals surface area contributed by atoms with E-state index < -0.39 is 0 Å². The predicted molar refractivity (Wildman–Crippen MR) is 155 cm³/mol. The summed E-state index contributed by atoms with van der Waals surface area (Å²) in [6, 6.07) is 10.3. The highest BCUT2D eigenvalue weighted by Gasteiger charge is 2.28. The Morgan fingerprint density at radius 1 is 1.00 bits per heavy atom. The number of esters is 1. The summed E-state index contributed by atoms with van der Waals surface area (Å²) < 4.78 is 26.4. The van der Waals surface area contributed by atoms with Crippen LogP contribution in [0.25, 0.3) is 22.0 Å². The van der Waals surface area contributed by atoms with Gasteiger partial charge in [-0.15, -0.1) is 0 Å². The van der Waals surface area contributed by atoms with Crippen molar-refractivity contribution in [1.82, 2.24) is 14.9 Å². The number of nitrogens with zero attached hydrogens (tertiary/aromatic N) is 1. The van der Waals surface area contributed by atoms with Crippen LogP contribution in [-0.4, -0.2) is 34.6 Å². The predicted octanol–water partition coefficient (Wildman–Crippen LogP) is 5.85. The lowest BCUT2D eigenvalue weighted by Crippen LogP contribution is -2.39. The minimum Gasteiger partial charge on any atom is -0.469 e. The summed E-state index contributed by atoms with van der Waals surface area (Å²) in [6.45, 7) is 5.55. The molecular weight excluding hydrogens is 525 g/mol. The minimum atomic E-state index is -0.314. The summed E-state index contributed by atoms with van der Waals surface area (Å²) in [4.78, 5) is 41.1. The molecule has 0 spiro atoms. The van der Waals surface area contributed by atoms with Crippen molar-refractivity contribution in [2.45, 2.75) is 52.5 Å². The van der Waals surface area contributed by atoms with Crippen LogP contribution >= 0.6 is 0 Å². The Morgan fingerprint density at radius 3 is 2.34 bits per heavy atom. The van der Waals surface area contributed by atoms with E-state index in [1.54, 1.807) is 33.2 Å². The highest BCUT2D eigenvalue weighted by atomic mass is 19.1. The number of carbonyl (C=O) groups excluding carboxylic acids is 2. The number of hydrogen-bond donors (Lipinski definition) is 2. The third kappa shape index (κ3) is 5.75. The quantitative estimate of drug-likeness (QED) is 0.289. The molecule has 4 aromatic rings. The van der Waals surface area contributed by atoms with Gasteiger partial charge in [-0.2, -0.15) is 0 Å². The molecule has 5 rings (SSSR count). The van der Waals surface area contributed by atoms with Crippen molar-refractivity contribution >= 4 is 22.8 Å². The average molecular weight is 560 g/mol. The average Bonchev–Trinajstić information content (AvgIpc) is 3.38. The van der Waals surface area contributed by atoms with Crippen molar-refractivity contribution in [3.05, 3.63) is 81.2 Å². The van der Waals surface area contributed by atoms with Crippen LogP contribution in [0.3, 0.4) is 0 Å². The van der Waals surface area contributed by atoms with Gasteiger partial charge in [0.05, 0.1) is 13.0 Å². The molecule has 0 atom stereocenters. The Bertz CT molecular complexity index is 1690. The number of halogens is 1. The largest absolute Gasteiger partial charge is 0.469 e. The molecule has 0 radical (unpaired) electrons. The van der Waals surface area contributed by atoms with E-state index in [-0.39, 0.29) is 35.2 Å². The minimum absolute atomic E-state index is 0.0630. The molecule has 41 heavy (non-hydrogen) atoms. The molecule has 2 heterocycles. The fraction of sp³-hybridized carbons (Fsp3) is 0.344. The van der Waals surface area contributed by atoms with Gasteiger partial charge in [-0.25, -0.2) is 4.39 Å². The zero-order valence-corrected chi connectivity index (χ0v) is 23.9. The van der Waals surface area contributed by atoms with Crippen molar-refractivity contribution in [2.24, 2.45) is 13.0 Å². The summed E-state index contributed by atoms with van der Waals surface area (Å²) >= 11 is 0. The fourth-order valence-electron chi connectivity index (χ4n) is 5.73. The summed E-state index contributed by atoms with van der Waals surface area (Å²) in [6.07, 6.45) is 4.42. The Labute approximate surface area is 237 Å². The Hall–Kier alpha value is -4.40. The Kier molecular flexibility index (Phi) is 7.71. The summed E-state index contributed by atoms with van der Waals surface area (Å²) in [5.41, 5.74) is 4.27. The van der Waals surface area contributed by atoms with Crippen LogP contribution in [0.2, 0.25) is 0 Å². The molecule has 1 aliphatic rings. The number of amides is 1. The number of rotatable bonds is 6. The summed E-state index contributed by atoms with van der Waals surface area (Å²) in [7, 11) is 3.06. The summed E-state index contributed by atoms with van der Waals surface area (Å²) in [5, 5.41) is 3.67. The SMILES string of the molecule is COC(=O)C1CCC(NC(=O)c2cc3c(-c4cc(C)cc(Oc5c(C)cc(F)cc5C)c4)cn(C)c(=O)c3[nH]2)CC1. The molecule has 1 fully saturated rings. The number of carbonyl (C=O) groups is 2. The standard InChI is InChI=1S/C32H34FN3O5/c1-17-10-21(14-24(11-17)41-29-18(2)12-22(33)13-19(29)3)26-16-36(4)31(38)28-25(26)15-27(35-28)30(37)34-23-8-6-20(7-9-23)32(39)40-5/h10-16,20,23,35H,6-9H2,1-5H3,(H,34,37). The molecule has 0 aliphatic heterocycles. The normalized spacial score (nSPS) is 16.9. The molecule has 2 aromatic heterocycles. The number of aromatic nitrogens is 2. The second-order valence-electron chi connectivity index (χ2n) is 11.0. The van der Waals surface area contributed by atoms with Gasteiger partial charge in [0.1, 0.15) is 28.5 Å². The third-order valence-electron chi connectivity index (χ3n) is 7.81. The van der Waals surface area contributed by atoms with Crippen LogP contribution < -0.4 is 15.6 Å². The Balaban J connectivity index is 1.46. The van der Waals surface area contributed by atoms with E-state index in [9.17, 15) is 18.8 Å². The maximum atomic E-state index is 13.8. The van der Waals surface area contributed by atoms with Crippen molar-refractivity contribution in [3.8, 4) is 22.6 Å². The number of nitrogens with one attached hydrogen (secondary N) is 2. The van der Waals surface area contributed by atoms with Gasteiger partial charge in [0, 0.05) is 30.2 Å². The number of fused-ring (bicyclic) bond motifs is 1. The topological polar surface area (TPSA) is 102 Å². The number of H-pyrrole nitrogens is 1. The van der Waals surface area contributed by atoms with Gasteiger partial charge in [-0.05, 0) is 99.0 Å². The zero-order chi connectivity index (χ0) is 29.4. The van der Waals surface area contributed by atoms with Gasteiger partial charge >= 0.3 is 5.97 Å². The van der Waals surface area contributed by atoms with Crippen LogP contribution in [0.15, 0.2) is 47.4 Å². The lowest BCUT2D eigenvalue weighted by atomic mass is 9.86. The molecule has 0 saturated heterocycles. The van der Waals surface area contributed by atoms with Crippen LogP contribution in [0, 0.1) is 32.5 Å². The highest BCUT2D eigenvalue weighted by molar-refractivity contribution is 6.02. The third-order valence-corrected chi connectivity index (χ3v) is 7.81. The maximum absolute atomic E-state index is 13.8. The second-order valence-corrected chi connectivity index (χ2v) is 11.0. The zero-order valence-electron chi connectivity index (χ0n) is 23.9. The second kappa shape index (κ2) is 11.2. The van der Waals surface area contributed by atoms with Gasteiger partial charge in [0.25, 0.3) is 11.5 Å². The molecule has 1 aliphatic carbocycles. The molecule has 1 saturated carbocycles. The van der Waals surface area contributed by atoms with E-state index in [1.165, 1.54) is 23.8 Å². The van der Waals surface area contributed by atoms with Gasteiger partial charge in [0.2, 0.25) is 0 Å². The van der Waals surface area contributed by atoms with E-state index >= 15 is 0 Å². The van der Waals surface area contributed by atoms with E-state index in [4.69, 9.17) is 9.47 Å². The van der Waals surface area contributed by atoms with E-state index in [0.717, 1.165) is 16.7 Å². The van der Waals surface area contributed by atoms with Crippen LogP contribution in [0.1, 0.15) is 52.9 Å². The highest BCUT2D eigenvalue weighted by Crippen LogP contribution is 2.35. The maximum Gasteiger partial charge on any atom is 0.308 e.